The summed E-state index contributed by atoms with van der Waals surface area (Å²) in [5.41, 5.74) is 0. The van der Waals surface area contributed by atoms with Gasteiger partial charge in [0.1, 0.15) is 0 Å². The van der Waals surface area contributed by atoms with Gasteiger partial charge in [0.25, 0.3) is 0 Å². The third-order valence-electron chi connectivity index (χ3n) is 4.06. The first-order chi connectivity index (χ1) is 9.65. The molecule has 5 nitrogen and oxygen atoms in total. The lowest BCUT2D eigenvalue weighted by atomic mass is 9.97. The number of rotatable bonds is 5. The monoisotopic (exact) mass is 283 g/mol. The summed E-state index contributed by atoms with van der Waals surface area (Å²) in [4.78, 5) is 14.5. The second-order valence-electron chi connectivity index (χ2n) is 6.42. The molecule has 1 unspecified atom stereocenters. The maximum Gasteiger partial charge on any atom is 0.223 e. The van der Waals surface area contributed by atoms with Crippen LogP contribution in [0.5, 0.6) is 0 Å². The summed E-state index contributed by atoms with van der Waals surface area (Å²) in [5.74, 6) is 1.07. The van der Waals surface area contributed by atoms with Crippen LogP contribution in [0.3, 0.4) is 0 Å². The molecule has 2 N–H and O–H groups in total. The number of carbonyl (C=O) groups excluding carboxylic acids is 1. The largest absolute Gasteiger partial charge is 0.374 e. The lowest BCUT2D eigenvalue weighted by molar-refractivity contribution is -0.127. The van der Waals surface area contributed by atoms with Gasteiger partial charge in [-0.2, -0.15) is 0 Å². The van der Waals surface area contributed by atoms with Gasteiger partial charge in [0, 0.05) is 32.1 Å². The first-order valence-electron chi connectivity index (χ1n) is 7.97. The van der Waals surface area contributed by atoms with Gasteiger partial charge in [-0.1, -0.05) is 13.8 Å². The number of hydrogen-bond acceptors (Lipinski definition) is 4. The molecule has 0 radical (unpaired) electrons. The molecule has 0 aromatic carbocycles. The molecule has 2 aliphatic rings. The predicted molar refractivity (Wildman–Crippen MR) is 79.6 cm³/mol. The maximum atomic E-state index is 12.1. The standard InChI is InChI=1S/C15H29N3O2/c1-12(2)10-18-7-8-20-14(11-18)9-17-15(19)13-3-5-16-6-4-13/h12-14,16H,3-11H2,1-2H3,(H,17,19). The molecule has 2 rings (SSSR count). The second-order valence-corrected chi connectivity index (χ2v) is 6.42. The summed E-state index contributed by atoms with van der Waals surface area (Å²) in [6.45, 7) is 10.9. The number of nitrogens with one attached hydrogen (secondary N) is 2. The van der Waals surface area contributed by atoms with Gasteiger partial charge in [-0.05, 0) is 31.8 Å². The van der Waals surface area contributed by atoms with Crippen LogP contribution in [-0.4, -0.2) is 62.8 Å². The lowest BCUT2D eigenvalue weighted by Crippen LogP contribution is -2.49. The number of ether oxygens (including phenoxy) is 1. The Bertz CT molecular complexity index is 303. The summed E-state index contributed by atoms with van der Waals surface area (Å²) in [5, 5.41) is 6.37. The summed E-state index contributed by atoms with van der Waals surface area (Å²) < 4.78 is 5.76. The van der Waals surface area contributed by atoms with E-state index in [0.717, 1.165) is 52.2 Å². The molecular formula is C15H29N3O2. The number of hydrogen-bond donors (Lipinski definition) is 2. The van der Waals surface area contributed by atoms with E-state index in [1.807, 2.05) is 0 Å². The minimum Gasteiger partial charge on any atom is -0.374 e. The molecule has 0 bridgehead atoms. The number of amides is 1. The first kappa shape index (κ1) is 15.7. The van der Waals surface area contributed by atoms with Gasteiger partial charge >= 0.3 is 0 Å². The van der Waals surface area contributed by atoms with Gasteiger partial charge in [-0.25, -0.2) is 0 Å². The van der Waals surface area contributed by atoms with E-state index in [2.05, 4.69) is 29.4 Å². The van der Waals surface area contributed by atoms with E-state index < -0.39 is 0 Å². The molecule has 20 heavy (non-hydrogen) atoms. The van der Waals surface area contributed by atoms with Crippen molar-refractivity contribution >= 4 is 5.91 Å². The smallest absolute Gasteiger partial charge is 0.223 e. The lowest BCUT2D eigenvalue weighted by Gasteiger charge is -2.34. The van der Waals surface area contributed by atoms with Crippen molar-refractivity contribution in [3.63, 3.8) is 0 Å². The van der Waals surface area contributed by atoms with Gasteiger partial charge in [-0.3, -0.25) is 9.69 Å². The third kappa shape index (κ3) is 5.04. The van der Waals surface area contributed by atoms with Crippen molar-refractivity contribution in [1.29, 1.82) is 0 Å². The minimum absolute atomic E-state index is 0.146. The van der Waals surface area contributed by atoms with E-state index in [9.17, 15) is 4.79 Å². The average molecular weight is 283 g/mol. The topological polar surface area (TPSA) is 53.6 Å². The molecule has 0 aromatic rings. The van der Waals surface area contributed by atoms with Crippen molar-refractivity contribution in [1.82, 2.24) is 15.5 Å². The van der Waals surface area contributed by atoms with Gasteiger partial charge in [0.05, 0.1) is 12.7 Å². The van der Waals surface area contributed by atoms with Crippen LogP contribution >= 0.6 is 0 Å². The Morgan fingerprint density at radius 3 is 2.85 bits per heavy atom. The van der Waals surface area contributed by atoms with Crippen molar-refractivity contribution < 1.29 is 9.53 Å². The van der Waals surface area contributed by atoms with E-state index in [0.29, 0.717) is 12.5 Å². The fourth-order valence-corrected chi connectivity index (χ4v) is 3.03. The van der Waals surface area contributed by atoms with Crippen LogP contribution in [-0.2, 0) is 9.53 Å². The van der Waals surface area contributed by atoms with E-state index >= 15 is 0 Å². The molecule has 2 heterocycles. The van der Waals surface area contributed by atoms with E-state index in [4.69, 9.17) is 4.74 Å². The second kappa shape index (κ2) is 7.96. The fraction of sp³-hybridized carbons (Fsp3) is 0.933. The molecule has 0 saturated carbocycles. The summed E-state index contributed by atoms with van der Waals surface area (Å²) in [7, 11) is 0. The Morgan fingerprint density at radius 1 is 1.40 bits per heavy atom. The summed E-state index contributed by atoms with van der Waals surface area (Å²) in [6.07, 6.45) is 2.06. The highest BCUT2D eigenvalue weighted by molar-refractivity contribution is 5.78. The zero-order valence-electron chi connectivity index (χ0n) is 12.9. The number of carbonyl (C=O) groups is 1. The van der Waals surface area contributed by atoms with Gasteiger partial charge in [0.15, 0.2) is 0 Å². The Balaban J connectivity index is 1.68. The van der Waals surface area contributed by atoms with Crippen molar-refractivity contribution in [2.45, 2.75) is 32.8 Å². The zero-order valence-corrected chi connectivity index (χ0v) is 12.9. The quantitative estimate of drug-likeness (QED) is 0.770. The Kier molecular flexibility index (Phi) is 6.26. The van der Waals surface area contributed by atoms with Crippen LogP contribution in [0.2, 0.25) is 0 Å². The van der Waals surface area contributed by atoms with Gasteiger partial charge in [-0.15, -0.1) is 0 Å². The van der Waals surface area contributed by atoms with Crippen LogP contribution < -0.4 is 10.6 Å². The summed E-state index contributed by atoms with van der Waals surface area (Å²) in [6, 6.07) is 0. The van der Waals surface area contributed by atoms with Gasteiger partial charge in [0.2, 0.25) is 5.91 Å². The molecule has 1 amide bonds. The molecule has 2 aliphatic heterocycles. The van der Waals surface area contributed by atoms with Crippen molar-refractivity contribution in [3.05, 3.63) is 0 Å². The molecule has 1 atom stereocenters. The highest BCUT2D eigenvalue weighted by Gasteiger charge is 2.24. The molecule has 5 heteroatoms. The maximum absolute atomic E-state index is 12.1. The van der Waals surface area contributed by atoms with Crippen molar-refractivity contribution in [3.8, 4) is 0 Å². The van der Waals surface area contributed by atoms with E-state index in [1.165, 1.54) is 0 Å². The Hall–Kier alpha value is -0.650. The van der Waals surface area contributed by atoms with Crippen molar-refractivity contribution in [2.24, 2.45) is 11.8 Å². The third-order valence-corrected chi connectivity index (χ3v) is 4.06. The molecule has 0 aromatic heterocycles. The van der Waals surface area contributed by atoms with E-state index in [1.54, 1.807) is 0 Å². The Morgan fingerprint density at radius 2 is 2.15 bits per heavy atom. The van der Waals surface area contributed by atoms with Crippen LogP contribution in [0.1, 0.15) is 26.7 Å². The zero-order chi connectivity index (χ0) is 14.4. The molecule has 2 saturated heterocycles. The fourth-order valence-electron chi connectivity index (χ4n) is 3.03. The van der Waals surface area contributed by atoms with Crippen LogP contribution in [0.15, 0.2) is 0 Å². The van der Waals surface area contributed by atoms with Crippen LogP contribution in [0.4, 0.5) is 0 Å². The predicted octanol–water partition coefficient (Wildman–Crippen LogP) is 0.459. The van der Waals surface area contributed by atoms with Crippen molar-refractivity contribution in [2.75, 3.05) is 45.9 Å². The first-order valence-corrected chi connectivity index (χ1v) is 7.97. The number of morpholine rings is 1. The molecular weight excluding hydrogens is 254 g/mol. The molecule has 116 valence electrons. The highest BCUT2D eigenvalue weighted by atomic mass is 16.5. The van der Waals surface area contributed by atoms with E-state index in [-0.39, 0.29) is 17.9 Å². The number of nitrogens with zero attached hydrogens (tertiary/aromatic N) is 1. The normalized spacial score (nSPS) is 25.9. The SMILES string of the molecule is CC(C)CN1CCOC(CNC(=O)C2CCNCC2)C1. The van der Waals surface area contributed by atoms with Gasteiger partial charge < -0.3 is 15.4 Å². The Labute approximate surface area is 122 Å². The molecule has 0 spiro atoms. The average Bonchev–Trinajstić information content (AvgIpc) is 2.45. The van der Waals surface area contributed by atoms with Crippen LogP contribution in [0.25, 0.3) is 0 Å². The molecule has 2 fully saturated rings. The summed E-state index contributed by atoms with van der Waals surface area (Å²) >= 11 is 0. The number of piperidine rings is 1. The highest BCUT2D eigenvalue weighted by Crippen LogP contribution is 2.12. The van der Waals surface area contributed by atoms with Crippen LogP contribution in [0, 0.1) is 11.8 Å². The molecule has 0 aliphatic carbocycles. The minimum atomic E-state index is 0.146.